The van der Waals surface area contributed by atoms with Crippen LogP contribution in [0.4, 0.5) is 5.82 Å². The molecule has 6 heteroatoms. The third-order valence-electron chi connectivity index (χ3n) is 3.39. The molecule has 98 valence electrons. The summed E-state index contributed by atoms with van der Waals surface area (Å²) in [5.74, 6) is 0.881. The fourth-order valence-corrected chi connectivity index (χ4v) is 2.40. The summed E-state index contributed by atoms with van der Waals surface area (Å²) >= 11 is 0. The zero-order chi connectivity index (χ0) is 13.2. The Hall–Kier alpha value is -2.13. The zero-order valence-corrected chi connectivity index (χ0v) is 10.8. The van der Waals surface area contributed by atoms with E-state index in [9.17, 15) is 0 Å². The first-order valence-electron chi connectivity index (χ1n) is 6.33. The van der Waals surface area contributed by atoms with Crippen molar-refractivity contribution in [2.75, 3.05) is 24.7 Å². The van der Waals surface area contributed by atoms with Gasteiger partial charge in [-0.25, -0.2) is 9.50 Å². The molecule has 0 N–H and O–H groups in total. The highest BCUT2D eigenvalue weighted by Gasteiger charge is 2.21. The molecule has 0 aromatic carbocycles. The van der Waals surface area contributed by atoms with Gasteiger partial charge in [0.25, 0.3) is 0 Å². The Bertz CT molecular complexity index is 629. The van der Waals surface area contributed by atoms with Crippen LogP contribution < -0.4 is 4.90 Å². The summed E-state index contributed by atoms with van der Waals surface area (Å²) in [5.41, 5.74) is 1.86. The van der Waals surface area contributed by atoms with Crippen LogP contribution in [0.25, 0.3) is 5.52 Å². The average molecular weight is 257 g/mol. The first kappa shape index (κ1) is 11.9. The number of imidazole rings is 1. The van der Waals surface area contributed by atoms with Gasteiger partial charge in [-0.1, -0.05) is 0 Å². The first-order chi connectivity index (χ1) is 9.29. The minimum absolute atomic E-state index is 0.289. The summed E-state index contributed by atoms with van der Waals surface area (Å²) in [6.45, 7) is 4.35. The summed E-state index contributed by atoms with van der Waals surface area (Å²) in [7, 11) is 0. The molecule has 3 heterocycles. The third-order valence-corrected chi connectivity index (χ3v) is 3.39. The van der Waals surface area contributed by atoms with Crippen molar-refractivity contribution in [3.63, 3.8) is 0 Å². The van der Waals surface area contributed by atoms with E-state index in [1.54, 1.807) is 17.0 Å². The van der Waals surface area contributed by atoms with Crippen LogP contribution in [0.3, 0.4) is 0 Å². The largest absolute Gasteiger partial charge is 0.377 e. The molecule has 0 spiro atoms. The van der Waals surface area contributed by atoms with Crippen molar-refractivity contribution < 1.29 is 4.74 Å². The fraction of sp³-hybridized carbons (Fsp3) is 0.462. The Morgan fingerprint density at radius 3 is 3.26 bits per heavy atom. The number of hydrogen-bond donors (Lipinski definition) is 0. The summed E-state index contributed by atoms with van der Waals surface area (Å²) in [5, 5.41) is 13.5. The van der Waals surface area contributed by atoms with Crippen molar-refractivity contribution in [1.82, 2.24) is 14.6 Å². The SMILES string of the molecule is CC1COCCN1c1cc(CC#N)c2cncn2n1. The van der Waals surface area contributed by atoms with E-state index in [1.807, 2.05) is 6.07 Å². The lowest BCUT2D eigenvalue weighted by Gasteiger charge is -2.34. The summed E-state index contributed by atoms with van der Waals surface area (Å²) < 4.78 is 7.18. The maximum absolute atomic E-state index is 8.94. The molecule has 0 aliphatic carbocycles. The molecule has 0 bridgehead atoms. The van der Waals surface area contributed by atoms with Crippen molar-refractivity contribution in [2.45, 2.75) is 19.4 Å². The Morgan fingerprint density at radius 1 is 1.58 bits per heavy atom. The van der Waals surface area contributed by atoms with Gasteiger partial charge < -0.3 is 9.64 Å². The number of hydrogen-bond acceptors (Lipinski definition) is 5. The van der Waals surface area contributed by atoms with Crippen LogP contribution in [0.15, 0.2) is 18.6 Å². The van der Waals surface area contributed by atoms with Crippen molar-refractivity contribution >= 4 is 11.3 Å². The maximum atomic E-state index is 8.94. The maximum Gasteiger partial charge on any atom is 0.150 e. The molecular formula is C13H15N5O. The Morgan fingerprint density at radius 2 is 2.47 bits per heavy atom. The fourth-order valence-electron chi connectivity index (χ4n) is 2.40. The highest BCUT2D eigenvalue weighted by Crippen LogP contribution is 2.21. The van der Waals surface area contributed by atoms with Gasteiger partial charge in [-0.05, 0) is 18.6 Å². The molecule has 0 saturated carbocycles. The smallest absolute Gasteiger partial charge is 0.150 e. The molecule has 0 amide bonds. The molecular weight excluding hydrogens is 242 g/mol. The van der Waals surface area contributed by atoms with E-state index < -0.39 is 0 Å². The van der Waals surface area contributed by atoms with Crippen LogP contribution in [0.2, 0.25) is 0 Å². The van der Waals surface area contributed by atoms with E-state index in [0.29, 0.717) is 19.6 Å². The number of anilines is 1. The Labute approximate surface area is 111 Å². The van der Waals surface area contributed by atoms with Crippen LogP contribution in [0.1, 0.15) is 12.5 Å². The van der Waals surface area contributed by atoms with Crippen LogP contribution in [0.5, 0.6) is 0 Å². The number of rotatable bonds is 2. The van der Waals surface area contributed by atoms with Gasteiger partial charge in [0.1, 0.15) is 12.1 Å². The van der Waals surface area contributed by atoms with Gasteiger partial charge in [0, 0.05) is 6.54 Å². The predicted molar refractivity (Wildman–Crippen MR) is 69.9 cm³/mol. The second kappa shape index (κ2) is 4.86. The number of ether oxygens (including phenoxy) is 1. The van der Waals surface area contributed by atoms with Crippen LogP contribution in [-0.4, -0.2) is 40.4 Å². The number of nitrogens with zero attached hydrogens (tertiary/aromatic N) is 5. The highest BCUT2D eigenvalue weighted by atomic mass is 16.5. The Balaban J connectivity index is 2.05. The van der Waals surface area contributed by atoms with Gasteiger partial charge >= 0.3 is 0 Å². The van der Waals surface area contributed by atoms with Gasteiger partial charge in [-0.15, -0.1) is 5.10 Å². The number of aromatic nitrogens is 3. The summed E-state index contributed by atoms with van der Waals surface area (Å²) in [6.07, 6.45) is 3.78. The van der Waals surface area contributed by atoms with Crippen molar-refractivity contribution in [3.05, 3.63) is 24.2 Å². The van der Waals surface area contributed by atoms with E-state index in [1.165, 1.54) is 0 Å². The Kier molecular flexibility index (Phi) is 3.05. The minimum atomic E-state index is 0.289. The van der Waals surface area contributed by atoms with Gasteiger partial charge in [0.2, 0.25) is 0 Å². The monoisotopic (exact) mass is 257 g/mol. The van der Waals surface area contributed by atoms with Gasteiger partial charge in [-0.2, -0.15) is 5.26 Å². The molecule has 1 unspecified atom stereocenters. The third kappa shape index (κ3) is 2.13. The van der Waals surface area contributed by atoms with E-state index in [4.69, 9.17) is 10.00 Å². The standard InChI is InChI=1S/C13H15N5O/c1-10-8-19-5-4-17(10)13-6-11(2-3-14)12-7-15-9-18(12)16-13/h6-7,9-10H,2,4-5,8H2,1H3. The number of nitriles is 1. The molecule has 2 aromatic rings. The lowest BCUT2D eigenvalue weighted by Crippen LogP contribution is -2.44. The zero-order valence-electron chi connectivity index (χ0n) is 10.8. The summed E-state index contributed by atoms with van der Waals surface area (Å²) in [4.78, 5) is 6.31. The van der Waals surface area contributed by atoms with Crippen LogP contribution in [0, 0.1) is 11.3 Å². The van der Waals surface area contributed by atoms with Crippen molar-refractivity contribution in [2.24, 2.45) is 0 Å². The lowest BCUT2D eigenvalue weighted by molar-refractivity contribution is 0.0984. The lowest BCUT2D eigenvalue weighted by atomic mass is 10.1. The molecule has 19 heavy (non-hydrogen) atoms. The van der Waals surface area contributed by atoms with E-state index in [2.05, 4.69) is 28.0 Å². The van der Waals surface area contributed by atoms with Crippen LogP contribution >= 0.6 is 0 Å². The van der Waals surface area contributed by atoms with E-state index in [-0.39, 0.29) is 6.04 Å². The summed E-state index contributed by atoms with van der Waals surface area (Å²) in [6, 6.07) is 4.47. The van der Waals surface area contributed by atoms with Gasteiger partial charge in [0.15, 0.2) is 0 Å². The molecule has 1 atom stereocenters. The molecule has 1 fully saturated rings. The number of morpholine rings is 1. The van der Waals surface area contributed by atoms with Crippen LogP contribution in [-0.2, 0) is 11.2 Å². The van der Waals surface area contributed by atoms with E-state index >= 15 is 0 Å². The first-order valence-corrected chi connectivity index (χ1v) is 6.33. The molecule has 1 saturated heterocycles. The second-order valence-electron chi connectivity index (χ2n) is 4.70. The second-order valence-corrected chi connectivity index (χ2v) is 4.70. The average Bonchev–Trinajstić information content (AvgIpc) is 2.88. The quantitative estimate of drug-likeness (QED) is 0.803. The van der Waals surface area contributed by atoms with Crippen molar-refractivity contribution in [1.29, 1.82) is 5.26 Å². The molecule has 1 aliphatic rings. The highest BCUT2D eigenvalue weighted by molar-refractivity contribution is 5.58. The molecule has 1 aliphatic heterocycles. The molecule has 3 rings (SSSR count). The molecule has 6 nitrogen and oxygen atoms in total. The number of fused-ring (bicyclic) bond motifs is 1. The van der Waals surface area contributed by atoms with E-state index in [0.717, 1.165) is 23.4 Å². The normalized spacial score (nSPS) is 19.6. The topological polar surface area (TPSA) is 66.5 Å². The van der Waals surface area contributed by atoms with Gasteiger partial charge in [0.05, 0.1) is 43.5 Å². The molecule has 0 radical (unpaired) electrons. The minimum Gasteiger partial charge on any atom is -0.377 e. The predicted octanol–water partition coefficient (Wildman–Crippen LogP) is 1.02. The van der Waals surface area contributed by atoms with Gasteiger partial charge in [-0.3, -0.25) is 0 Å². The van der Waals surface area contributed by atoms with Crippen molar-refractivity contribution in [3.8, 4) is 6.07 Å². The molecule has 2 aromatic heterocycles.